The van der Waals surface area contributed by atoms with E-state index in [0.717, 1.165) is 37.4 Å². The molecule has 28 heavy (non-hydrogen) atoms. The van der Waals surface area contributed by atoms with Gasteiger partial charge in [0.05, 0.1) is 26.2 Å². The highest BCUT2D eigenvalue weighted by atomic mass is 35.5. The number of carbonyl (C=O) groups excluding carboxylic acids is 2. The van der Waals surface area contributed by atoms with Crippen LogP contribution in [0, 0.1) is 0 Å². The summed E-state index contributed by atoms with van der Waals surface area (Å²) in [5, 5.41) is 3.89. The summed E-state index contributed by atoms with van der Waals surface area (Å²) in [5.41, 5.74) is 2.44. The number of ketones is 1. The van der Waals surface area contributed by atoms with Crippen LogP contribution in [0.3, 0.4) is 0 Å². The molecule has 148 valence electrons. The van der Waals surface area contributed by atoms with Crippen molar-refractivity contribution in [2.75, 3.05) is 36.4 Å². The van der Waals surface area contributed by atoms with Crippen LogP contribution in [-0.2, 0) is 4.79 Å². The normalized spacial score (nSPS) is 15.9. The van der Waals surface area contributed by atoms with Crippen LogP contribution in [0.4, 0.5) is 11.4 Å². The summed E-state index contributed by atoms with van der Waals surface area (Å²) in [6.45, 7) is 6.94. The molecule has 1 atom stereocenters. The van der Waals surface area contributed by atoms with Gasteiger partial charge in [0.1, 0.15) is 0 Å². The minimum Gasteiger partial charge on any atom is -0.360 e. The van der Waals surface area contributed by atoms with E-state index in [4.69, 9.17) is 23.2 Å². The molecule has 0 radical (unpaired) electrons. The molecule has 1 fully saturated rings. The number of Topliss-reactive ketones (excluding diaryl/α,β-unsaturated/α-hetero) is 1. The predicted molar refractivity (Wildman–Crippen MR) is 114 cm³/mol. The van der Waals surface area contributed by atoms with Gasteiger partial charge in [-0.25, -0.2) is 0 Å². The van der Waals surface area contributed by atoms with E-state index in [1.807, 2.05) is 31.2 Å². The molecule has 0 spiro atoms. The van der Waals surface area contributed by atoms with Crippen molar-refractivity contribution < 1.29 is 14.5 Å². The lowest BCUT2D eigenvalue weighted by Crippen LogP contribution is -3.19. The minimum absolute atomic E-state index is 0.0485. The maximum atomic E-state index is 12.6. The van der Waals surface area contributed by atoms with Crippen molar-refractivity contribution in [2.45, 2.75) is 19.9 Å². The molecule has 0 saturated carbocycles. The third-order valence-electron chi connectivity index (χ3n) is 5.18. The second-order valence-corrected chi connectivity index (χ2v) is 7.99. The van der Waals surface area contributed by atoms with Gasteiger partial charge in [-0.2, -0.15) is 0 Å². The van der Waals surface area contributed by atoms with Crippen molar-refractivity contribution in [3.8, 4) is 0 Å². The van der Waals surface area contributed by atoms with Crippen LogP contribution in [-0.4, -0.2) is 43.9 Å². The second-order valence-electron chi connectivity index (χ2n) is 7.12. The number of amides is 1. The van der Waals surface area contributed by atoms with E-state index in [1.54, 1.807) is 25.1 Å². The van der Waals surface area contributed by atoms with Gasteiger partial charge in [0.15, 0.2) is 11.8 Å². The number of carbonyl (C=O) groups is 2. The average Bonchev–Trinajstić information content (AvgIpc) is 2.66. The predicted octanol–water partition coefficient (Wildman–Crippen LogP) is 2.93. The number of benzene rings is 2. The molecule has 2 aromatic rings. The SMILES string of the molecule is CC(=O)c1ccc(N2CC[NH+]([C@H](C)C(=O)Nc3cc(Cl)cc(Cl)c3)CC2)cc1. The van der Waals surface area contributed by atoms with Crippen molar-refractivity contribution in [1.29, 1.82) is 0 Å². The van der Waals surface area contributed by atoms with Crippen molar-refractivity contribution >= 4 is 46.3 Å². The summed E-state index contributed by atoms with van der Waals surface area (Å²) in [7, 11) is 0. The summed E-state index contributed by atoms with van der Waals surface area (Å²) in [5.74, 6) is 0.0224. The zero-order valence-corrected chi connectivity index (χ0v) is 17.5. The number of rotatable bonds is 5. The summed E-state index contributed by atoms with van der Waals surface area (Å²) in [6.07, 6.45) is 0. The Kier molecular flexibility index (Phi) is 6.60. The van der Waals surface area contributed by atoms with Crippen molar-refractivity contribution in [1.82, 2.24) is 0 Å². The van der Waals surface area contributed by atoms with Gasteiger partial charge >= 0.3 is 0 Å². The van der Waals surface area contributed by atoms with E-state index < -0.39 is 0 Å². The maximum absolute atomic E-state index is 12.6. The van der Waals surface area contributed by atoms with Crippen LogP contribution in [0.1, 0.15) is 24.2 Å². The molecule has 2 N–H and O–H groups in total. The number of halogens is 2. The fraction of sp³-hybridized carbons (Fsp3) is 0.333. The van der Waals surface area contributed by atoms with E-state index in [1.165, 1.54) is 4.90 Å². The van der Waals surface area contributed by atoms with Crippen LogP contribution >= 0.6 is 23.2 Å². The molecule has 0 unspecified atom stereocenters. The zero-order chi connectivity index (χ0) is 20.3. The minimum atomic E-state index is -0.181. The topological polar surface area (TPSA) is 53.9 Å². The molecule has 3 rings (SSSR count). The molecule has 0 aromatic heterocycles. The van der Waals surface area contributed by atoms with Gasteiger partial charge in [0.2, 0.25) is 0 Å². The van der Waals surface area contributed by atoms with Crippen LogP contribution in [0.2, 0.25) is 10.0 Å². The number of nitrogens with zero attached hydrogens (tertiary/aromatic N) is 1. The van der Waals surface area contributed by atoms with Gasteiger partial charge in [-0.15, -0.1) is 0 Å². The monoisotopic (exact) mass is 420 g/mol. The quantitative estimate of drug-likeness (QED) is 0.731. The Balaban J connectivity index is 1.56. The molecule has 5 nitrogen and oxygen atoms in total. The van der Waals surface area contributed by atoms with Gasteiger partial charge in [0, 0.05) is 27.0 Å². The van der Waals surface area contributed by atoms with Crippen molar-refractivity contribution in [3.63, 3.8) is 0 Å². The van der Waals surface area contributed by atoms with E-state index >= 15 is 0 Å². The number of hydrogen-bond donors (Lipinski definition) is 2. The highest BCUT2D eigenvalue weighted by Crippen LogP contribution is 2.22. The molecule has 0 aliphatic carbocycles. The Morgan fingerprint density at radius 3 is 2.14 bits per heavy atom. The first-order chi connectivity index (χ1) is 13.3. The van der Waals surface area contributed by atoms with Crippen molar-refractivity contribution in [2.24, 2.45) is 0 Å². The zero-order valence-electron chi connectivity index (χ0n) is 16.0. The molecule has 1 aliphatic heterocycles. The summed E-state index contributed by atoms with van der Waals surface area (Å²) in [6, 6.07) is 12.5. The lowest BCUT2D eigenvalue weighted by molar-refractivity contribution is -0.914. The first-order valence-electron chi connectivity index (χ1n) is 9.31. The fourth-order valence-electron chi connectivity index (χ4n) is 3.45. The summed E-state index contributed by atoms with van der Waals surface area (Å²) >= 11 is 12.0. The fourth-order valence-corrected chi connectivity index (χ4v) is 3.98. The maximum Gasteiger partial charge on any atom is 0.282 e. The lowest BCUT2D eigenvalue weighted by Gasteiger charge is -2.36. The molecular formula is C21H24Cl2N3O2+. The number of quaternary nitrogens is 1. The average molecular weight is 421 g/mol. The first kappa shape index (κ1) is 20.6. The Hall–Kier alpha value is -2.08. The number of hydrogen-bond acceptors (Lipinski definition) is 3. The number of anilines is 2. The van der Waals surface area contributed by atoms with Gasteiger partial charge in [-0.1, -0.05) is 23.2 Å². The van der Waals surface area contributed by atoms with E-state index in [0.29, 0.717) is 15.7 Å². The van der Waals surface area contributed by atoms with Gasteiger partial charge in [-0.3, -0.25) is 9.59 Å². The van der Waals surface area contributed by atoms with Crippen LogP contribution in [0.25, 0.3) is 0 Å². The Bertz CT molecular complexity index is 842. The molecule has 1 saturated heterocycles. The highest BCUT2D eigenvalue weighted by Gasteiger charge is 2.29. The van der Waals surface area contributed by atoms with Gasteiger partial charge in [0.25, 0.3) is 5.91 Å². The summed E-state index contributed by atoms with van der Waals surface area (Å²) < 4.78 is 0. The number of nitrogens with one attached hydrogen (secondary N) is 2. The largest absolute Gasteiger partial charge is 0.360 e. The molecule has 1 amide bonds. The van der Waals surface area contributed by atoms with E-state index in [9.17, 15) is 9.59 Å². The lowest BCUT2D eigenvalue weighted by atomic mass is 10.1. The Morgan fingerprint density at radius 1 is 1.04 bits per heavy atom. The third kappa shape index (κ3) is 5.04. The van der Waals surface area contributed by atoms with Crippen LogP contribution in [0.15, 0.2) is 42.5 Å². The van der Waals surface area contributed by atoms with Crippen LogP contribution < -0.4 is 15.1 Å². The standard InChI is InChI=1S/C21H23Cl2N3O2/c1-14(21(28)24-19-12-17(22)11-18(23)13-19)25-7-9-26(10-8-25)20-5-3-16(4-6-20)15(2)27/h3-6,11-14H,7-10H2,1-2H3,(H,24,28)/p+1/t14-/m1/s1. The Morgan fingerprint density at radius 2 is 1.61 bits per heavy atom. The molecular weight excluding hydrogens is 397 g/mol. The smallest absolute Gasteiger partial charge is 0.282 e. The van der Waals surface area contributed by atoms with Crippen LogP contribution in [0.5, 0.6) is 0 Å². The number of piperazine rings is 1. The molecule has 1 heterocycles. The molecule has 1 aliphatic rings. The van der Waals surface area contributed by atoms with Crippen molar-refractivity contribution in [3.05, 3.63) is 58.1 Å². The van der Waals surface area contributed by atoms with E-state index in [-0.39, 0.29) is 17.7 Å². The third-order valence-corrected chi connectivity index (χ3v) is 5.62. The van der Waals surface area contributed by atoms with Gasteiger partial charge < -0.3 is 15.1 Å². The molecule has 2 aromatic carbocycles. The molecule has 7 heteroatoms. The summed E-state index contributed by atoms with van der Waals surface area (Å²) in [4.78, 5) is 27.6. The van der Waals surface area contributed by atoms with Gasteiger partial charge in [-0.05, 0) is 56.3 Å². The highest BCUT2D eigenvalue weighted by molar-refractivity contribution is 6.35. The molecule has 0 bridgehead atoms. The Labute approximate surface area is 175 Å². The van der Waals surface area contributed by atoms with E-state index in [2.05, 4.69) is 10.2 Å². The first-order valence-corrected chi connectivity index (χ1v) is 10.1. The second kappa shape index (κ2) is 8.95.